The Morgan fingerprint density at radius 2 is 2.04 bits per heavy atom. The van der Waals surface area contributed by atoms with E-state index >= 15 is 0 Å². The standard InChI is InChI=1S/C21H17ClFNO3/c1-12-18(11-27-21(12)26)20(25)17-10-24(9-13-2-5-15(23)6-3-13)19-7-4-14(22)8-16(17)19/h2-8,10,18,20,25H,1,9,11H2. The molecule has 1 aliphatic rings. The first-order chi connectivity index (χ1) is 12.9. The first-order valence-corrected chi connectivity index (χ1v) is 8.88. The minimum atomic E-state index is -0.945. The molecule has 0 spiro atoms. The Kier molecular flexibility index (Phi) is 4.50. The van der Waals surface area contributed by atoms with Crippen LogP contribution in [0.25, 0.3) is 10.9 Å². The first-order valence-electron chi connectivity index (χ1n) is 8.51. The number of ether oxygens (including phenoxy) is 1. The van der Waals surface area contributed by atoms with Gasteiger partial charge in [-0.2, -0.15) is 0 Å². The molecule has 1 fully saturated rings. The summed E-state index contributed by atoms with van der Waals surface area (Å²) in [6.07, 6.45) is 0.893. The van der Waals surface area contributed by atoms with Gasteiger partial charge in [0.2, 0.25) is 0 Å². The fourth-order valence-corrected chi connectivity index (χ4v) is 3.63. The molecule has 0 amide bonds. The minimum Gasteiger partial charge on any atom is -0.462 e. The number of carbonyl (C=O) groups excluding carboxylic acids is 1. The van der Waals surface area contributed by atoms with Gasteiger partial charge in [0.25, 0.3) is 0 Å². The van der Waals surface area contributed by atoms with Gasteiger partial charge >= 0.3 is 5.97 Å². The molecule has 0 radical (unpaired) electrons. The molecule has 6 heteroatoms. The molecule has 2 unspecified atom stereocenters. The molecular weight excluding hydrogens is 369 g/mol. The third kappa shape index (κ3) is 3.24. The van der Waals surface area contributed by atoms with Gasteiger partial charge in [0, 0.05) is 39.8 Å². The average Bonchev–Trinajstić information content (AvgIpc) is 3.17. The molecule has 1 aromatic heterocycles. The van der Waals surface area contributed by atoms with Gasteiger partial charge in [-0.1, -0.05) is 30.3 Å². The van der Waals surface area contributed by atoms with Crippen LogP contribution < -0.4 is 0 Å². The predicted octanol–water partition coefficient (Wildman–Crippen LogP) is 4.24. The maximum absolute atomic E-state index is 13.2. The van der Waals surface area contributed by atoms with E-state index in [4.69, 9.17) is 16.3 Å². The predicted molar refractivity (Wildman–Crippen MR) is 101 cm³/mol. The van der Waals surface area contributed by atoms with Gasteiger partial charge in [-0.15, -0.1) is 0 Å². The van der Waals surface area contributed by atoms with Crippen LogP contribution in [0.3, 0.4) is 0 Å². The van der Waals surface area contributed by atoms with E-state index in [-0.39, 0.29) is 18.0 Å². The number of cyclic esters (lactones) is 1. The highest BCUT2D eigenvalue weighted by Crippen LogP contribution is 2.37. The van der Waals surface area contributed by atoms with Gasteiger partial charge in [0.05, 0.1) is 12.0 Å². The SMILES string of the molecule is C=C1C(=O)OCC1C(O)c1cn(Cc2ccc(F)cc2)c2ccc(Cl)cc12. The van der Waals surface area contributed by atoms with Crippen LogP contribution in [0.5, 0.6) is 0 Å². The summed E-state index contributed by atoms with van der Waals surface area (Å²) in [5.41, 5.74) is 2.73. The lowest BCUT2D eigenvalue weighted by atomic mass is 9.92. The van der Waals surface area contributed by atoms with Crippen molar-refractivity contribution in [3.63, 3.8) is 0 Å². The van der Waals surface area contributed by atoms with E-state index in [0.29, 0.717) is 17.1 Å². The van der Waals surface area contributed by atoms with E-state index in [9.17, 15) is 14.3 Å². The van der Waals surface area contributed by atoms with Crippen molar-refractivity contribution in [2.24, 2.45) is 5.92 Å². The second kappa shape index (κ2) is 6.83. The van der Waals surface area contributed by atoms with Crippen molar-refractivity contribution in [1.82, 2.24) is 4.57 Å². The molecule has 2 heterocycles. The van der Waals surface area contributed by atoms with Crippen molar-refractivity contribution in [3.8, 4) is 0 Å². The fourth-order valence-electron chi connectivity index (χ4n) is 3.46. The zero-order valence-electron chi connectivity index (χ0n) is 14.4. The third-order valence-corrected chi connectivity index (χ3v) is 5.18. The molecule has 4 rings (SSSR count). The molecule has 1 aliphatic heterocycles. The van der Waals surface area contributed by atoms with Crippen molar-refractivity contribution in [2.45, 2.75) is 12.6 Å². The monoisotopic (exact) mass is 385 g/mol. The second-order valence-corrected chi connectivity index (χ2v) is 7.11. The van der Waals surface area contributed by atoms with E-state index in [1.165, 1.54) is 12.1 Å². The number of aromatic nitrogens is 1. The molecular formula is C21H17ClFNO3. The third-order valence-electron chi connectivity index (χ3n) is 4.94. The number of rotatable bonds is 4. The number of aliphatic hydroxyl groups excluding tert-OH is 1. The maximum Gasteiger partial charge on any atom is 0.333 e. The average molecular weight is 386 g/mol. The second-order valence-electron chi connectivity index (χ2n) is 6.68. The largest absolute Gasteiger partial charge is 0.462 e. The number of hydrogen-bond donors (Lipinski definition) is 1. The van der Waals surface area contributed by atoms with Crippen LogP contribution >= 0.6 is 11.6 Å². The number of carbonyl (C=O) groups is 1. The molecule has 27 heavy (non-hydrogen) atoms. The lowest BCUT2D eigenvalue weighted by molar-refractivity contribution is -0.135. The Morgan fingerprint density at radius 1 is 1.30 bits per heavy atom. The van der Waals surface area contributed by atoms with Crippen LogP contribution in [0, 0.1) is 11.7 Å². The van der Waals surface area contributed by atoms with Gasteiger partial charge in [-0.3, -0.25) is 0 Å². The summed E-state index contributed by atoms with van der Waals surface area (Å²) in [7, 11) is 0. The van der Waals surface area contributed by atoms with Crippen molar-refractivity contribution < 1.29 is 19.0 Å². The summed E-state index contributed by atoms with van der Waals surface area (Å²) in [4.78, 5) is 11.6. The van der Waals surface area contributed by atoms with Gasteiger partial charge < -0.3 is 14.4 Å². The topological polar surface area (TPSA) is 51.5 Å². The zero-order valence-corrected chi connectivity index (χ0v) is 15.1. The number of aliphatic hydroxyl groups is 1. The molecule has 2 aromatic carbocycles. The minimum absolute atomic E-state index is 0.101. The summed E-state index contributed by atoms with van der Waals surface area (Å²) >= 11 is 6.16. The molecule has 4 nitrogen and oxygen atoms in total. The molecule has 2 atom stereocenters. The summed E-state index contributed by atoms with van der Waals surface area (Å²) in [5, 5.41) is 12.3. The Balaban J connectivity index is 1.76. The number of fused-ring (bicyclic) bond motifs is 1. The molecule has 0 bridgehead atoms. The van der Waals surface area contributed by atoms with Crippen LogP contribution in [0.15, 0.2) is 60.8 Å². The number of halogens is 2. The smallest absolute Gasteiger partial charge is 0.333 e. The summed E-state index contributed by atoms with van der Waals surface area (Å²) in [6, 6.07) is 11.7. The molecule has 0 saturated carbocycles. The number of esters is 1. The summed E-state index contributed by atoms with van der Waals surface area (Å²) in [5.74, 6) is -1.27. The lowest BCUT2D eigenvalue weighted by Gasteiger charge is -2.15. The van der Waals surface area contributed by atoms with E-state index < -0.39 is 18.0 Å². The highest BCUT2D eigenvalue weighted by Gasteiger charge is 2.36. The molecule has 1 N–H and O–H groups in total. The van der Waals surface area contributed by atoms with E-state index in [1.807, 2.05) is 16.8 Å². The van der Waals surface area contributed by atoms with Crippen LogP contribution in [0.4, 0.5) is 4.39 Å². The Morgan fingerprint density at radius 3 is 2.70 bits per heavy atom. The Bertz CT molecular complexity index is 1040. The highest BCUT2D eigenvalue weighted by atomic mass is 35.5. The van der Waals surface area contributed by atoms with Crippen molar-refractivity contribution >= 4 is 28.5 Å². The van der Waals surface area contributed by atoms with Crippen LogP contribution in [0.2, 0.25) is 5.02 Å². The summed E-state index contributed by atoms with van der Waals surface area (Å²) < 4.78 is 20.1. The van der Waals surface area contributed by atoms with Crippen LogP contribution in [-0.4, -0.2) is 22.2 Å². The molecule has 3 aromatic rings. The first kappa shape index (κ1) is 17.8. The zero-order chi connectivity index (χ0) is 19.1. The normalized spacial score (nSPS) is 18.1. The van der Waals surface area contributed by atoms with Crippen molar-refractivity contribution in [1.29, 1.82) is 0 Å². The van der Waals surface area contributed by atoms with Gasteiger partial charge in [0.15, 0.2) is 0 Å². The quantitative estimate of drug-likeness (QED) is 0.539. The van der Waals surface area contributed by atoms with Crippen LogP contribution in [-0.2, 0) is 16.1 Å². The number of benzene rings is 2. The van der Waals surface area contributed by atoms with Gasteiger partial charge in [-0.05, 0) is 35.9 Å². The van der Waals surface area contributed by atoms with Crippen molar-refractivity contribution in [3.05, 3.63) is 82.8 Å². The molecule has 1 saturated heterocycles. The Labute approximate surface area is 160 Å². The van der Waals surface area contributed by atoms with E-state index in [2.05, 4.69) is 6.58 Å². The lowest BCUT2D eigenvalue weighted by Crippen LogP contribution is -2.14. The molecule has 0 aliphatic carbocycles. The summed E-state index contributed by atoms with van der Waals surface area (Å²) in [6.45, 7) is 4.35. The van der Waals surface area contributed by atoms with Crippen molar-refractivity contribution in [2.75, 3.05) is 6.61 Å². The number of nitrogens with zero attached hydrogens (tertiary/aromatic N) is 1. The van der Waals surface area contributed by atoms with E-state index in [0.717, 1.165) is 16.5 Å². The fraction of sp³-hybridized carbons (Fsp3) is 0.190. The number of hydrogen-bond acceptors (Lipinski definition) is 3. The van der Waals surface area contributed by atoms with E-state index in [1.54, 1.807) is 24.3 Å². The van der Waals surface area contributed by atoms with Gasteiger partial charge in [0.1, 0.15) is 12.4 Å². The maximum atomic E-state index is 13.2. The van der Waals surface area contributed by atoms with Gasteiger partial charge in [-0.25, -0.2) is 9.18 Å². The van der Waals surface area contributed by atoms with Crippen LogP contribution in [0.1, 0.15) is 17.2 Å². The Hall–Kier alpha value is -2.63. The highest BCUT2D eigenvalue weighted by molar-refractivity contribution is 6.31. The molecule has 138 valence electrons.